The van der Waals surface area contributed by atoms with Gasteiger partial charge in [0.15, 0.2) is 6.61 Å². The molecule has 2 aromatic rings. The molecule has 1 N–H and O–H groups in total. The third kappa shape index (κ3) is 5.76. The van der Waals surface area contributed by atoms with E-state index >= 15 is 0 Å². The molecular weight excluding hydrogens is 336 g/mol. The minimum absolute atomic E-state index is 0.00248. The summed E-state index contributed by atoms with van der Waals surface area (Å²) < 4.78 is 5.49. The van der Waals surface area contributed by atoms with Gasteiger partial charge >= 0.3 is 0 Å². The number of para-hydroxylation sites is 1. The quantitative estimate of drug-likeness (QED) is 0.737. The lowest BCUT2D eigenvalue weighted by atomic mass is 10.0. The van der Waals surface area contributed by atoms with Gasteiger partial charge in [0, 0.05) is 11.6 Å². The Bertz CT molecular complexity index is 660. The van der Waals surface area contributed by atoms with E-state index in [1.54, 1.807) is 0 Å². The molecule has 4 nitrogen and oxygen atoms in total. The van der Waals surface area contributed by atoms with Crippen LogP contribution in [0.1, 0.15) is 25.5 Å². The normalized spacial score (nSPS) is 12.0. The van der Waals surface area contributed by atoms with Crippen molar-refractivity contribution in [3.63, 3.8) is 0 Å². The average molecular weight is 361 g/mol. The van der Waals surface area contributed by atoms with Gasteiger partial charge in [-0.3, -0.25) is 9.69 Å². The van der Waals surface area contributed by atoms with Gasteiger partial charge in [0.25, 0.3) is 5.91 Å². The van der Waals surface area contributed by atoms with E-state index in [4.69, 9.17) is 16.3 Å². The first kappa shape index (κ1) is 19.3. The number of rotatable bonds is 9. The molecule has 0 spiro atoms. The van der Waals surface area contributed by atoms with E-state index in [0.717, 1.165) is 18.7 Å². The summed E-state index contributed by atoms with van der Waals surface area (Å²) in [5.41, 5.74) is 1.03. The van der Waals surface area contributed by atoms with Gasteiger partial charge in [0.05, 0.1) is 6.04 Å². The van der Waals surface area contributed by atoms with E-state index < -0.39 is 0 Å². The molecule has 0 saturated carbocycles. The summed E-state index contributed by atoms with van der Waals surface area (Å²) in [6.07, 6.45) is 0. The van der Waals surface area contributed by atoms with E-state index in [1.807, 2.05) is 54.6 Å². The summed E-state index contributed by atoms with van der Waals surface area (Å²) in [7, 11) is 0. The molecule has 1 amide bonds. The Hall–Kier alpha value is -2.04. The Morgan fingerprint density at radius 2 is 1.72 bits per heavy atom. The minimum Gasteiger partial charge on any atom is -0.484 e. The molecule has 0 aromatic heterocycles. The van der Waals surface area contributed by atoms with Crippen molar-refractivity contribution in [3.8, 4) is 5.75 Å². The van der Waals surface area contributed by atoms with Gasteiger partial charge in [0.1, 0.15) is 5.75 Å². The predicted octanol–water partition coefficient (Wildman–Crippen LogP) is 3.92. The smallest absolute Gasteiger partial charge is 0.258 e. The molecule has 0 aliphatic carbocycles. The molecule has 2 aromatic carbocycles. The fourth-order valence-corrected chi connectivity index (χ4v) is 3.03. The van der Waals surface area contributed by atoms with Crippen LogP contribution in [-0.4, -0.2) is 37.0 Å². The number of hydrogen-bond acceptors (Lipinski definition) is 3. The summed E-state index contributed by atoms with van der Waals surface area (Å²) in [6, 6.07) is 17.1. The summed E-state index contributed by atoms with van der Waals surface area (Å²) in [5.74, 6) is 0.539. The van der Waals surface area contributed by atoms with Crippen LogP contribution in [0, 0.1) is 0 Å². The average Bonchev–Trinajstić information content (AvgIpc) is 2.65. The second-order valence-corrected chi connectivity index (χ2v) is 6.07. The Balaban J connectivity index is 1.97. The Morgan fingerprint density at radius 3 is 2.36 bits per heavy atom. The molecule has 0 fully saturated rings. The van der Waals surface area contributed by atoms with Crippen LogP contribution in [-0.2, 0) is 4.79 Å². The van der Waals surface area contributed by atoms with E-state index in [-0.39, 0.29) is 18.6 Å². The standard InChI is InChI=1S/C20H25ClN2O2/c1-3-23(4-2)19(17-12-8-9-13-18(17)21)14-22-20(24)15-25-16-10-6-5-7-11-16/h5-13,19H,3-4,14-15H2,1-2H3,(H,22,24)/t19-/m0/s1. The summed E-state index contributed by atoms with van der Waals surface area (Å²) in [6.45, 7) is 6.45. The zero-order chi connectivity index (χ0) is 18.1. The molecule has 2 rings (SSSR count). The van der Waals surface area contributed by atoms with Crippen molar-refractivity contribution in [3.05, 3.63) is 65.2 Å². The fourth-order valence-electron chi connectivity index (χ4n) is 2.77. The highest BCUT2D eigenvalue weighted by Gasteiger charge is 2.21. The van der Waals surface area contributed by atoms with Gasteiger partial charge < -0.3 is 10.1 Å². The van der Waals surface area contributed by atoms with E-state index in [1.165, 1.54) is 0 Å². The van der Waals surface area contributed by atoms with Gasteiger partial charge in [0.2, 0.25) is 0 Å². The van der Waals surface area contributed by atoms with Crippen LogP contribution in [0.4, 0.5) is 0 Å². The lowest BCUT2D eigenvalue weighted by Gasteiger charge is -2.30. The maximum atomic E-state index is 12.1. The van der Waals surface area contributed by atoms with Crippen LogP contribution < -0.4 is 10.1 Å². The molecule has 0 unspecified atom stereocenters. The highest BCUT2D eigenvalue weighted by molar-refractivity contribution is 6.31. The number of carbonyl (C=O) groups is 1. The first-order chi connectivity index (χ1) is 12.2. The molecule has 1 atom stereocenters. The number of hydrogen-bond donors (Lipinski definition) is 1. The molecule has 0 bridgehead atoms. The van der Waals surface area contributed by atoms with Gasteiger partial charge in [-0.15, -0.1) is 0 Å². The zero-order valence-electron chi connectivity index (χ0n) is 14.7. The molecule has 5 heteroatoms. The number of ether oxygens (including phenoxy) is 1. The van der Waals surface area contributed by atoms with Crippen molar-refractivity contribution >= 4 is 17.5 Å². The van der Waals surface area contributed by atoms with Crippen LogP contribution in [0.3, 0.4) is 0 Å². The first-order valence-electron chi connectivity index (χ1n) is 8.58. The van der Waals surface area contributed by atoms with E-state index in [2.05, 4.69) is 24.1 Å². The summed E-state index contributed by atoms with van der Waals surface area (Å²) in [4.78, 5) is 14.4. The molecule has 0 saturated heterocycles. The number of amides is 1. The van der Waals surface area contributed by atoms with Crippen molar-refractivity contribution in [1.82, 2.24) is 10.2 Å². The van der Waals surface area contributed by atoms with Crippen molar-refractivity contribution in [1.29, 1.82) is 0 Å². The molecule has 134 valence electrons. The van der Waals surface area contributed by atoms with Crippen molar-refractivity contribution < 1.29 is 9.53 Å². The molecule has 0 heterocycles. The monoisotopic (exact) mass is 360 g/mol. The highest BCUT2D eigenvalue weighted by atomic mass is 35.5. The Morgan fingerprint density at radius 1 is 1.08 bits per heavy atom. The van der Waals surface area contributed by atoms with Crippen LogP contribution in [0.15, 0.2) is 54.6 Å². The van der Waals surface area contributed by atoms with Gasteiger partial charge in [-0.2, -0.15) is 0 Å². The van der Waals surface area contributed by atoms with Crippen LogP contribution in [0.2, 0.25) is 5.02 Å². The van der Waals surface area contributed by atoms with Gasteiger partial charge in [-0.1, -0.05) is 61.8 Å². The lowest BCUT2D eigenvalue weighted by molar-refractivity contribution is -0.123. The number of nitrogens with zero attached hydrogens (tertiary/aromatic N) is 1. The Kier molecular flexibility index (Phi) is 7.76. The minimum atomic E-state index is -0.145. The maximum absolute atomic E-state index is 12.1. The highest BCUT2D eigenvalue weighted by Crippen LogP contribution is 2.26. The SMILES string of the molecule is CCN(CC)[C@@H](CNC(=O)COc1ccccc1)c1ccccc1Cl. The predicted molar refractivity (Wildman–Crippen MR) is 102 cm³/mol. The first-order valence-corrected chi connectivity index (χ1v) is 8.96. The number of halogens is 1. The third-order valence-electron chi connectivity index (χ3n) is 4.12. The number of carbonyl (C=O) groups excluding carboxylic acids is 1. The summed E-state index contributed by atoms with van der Waals surface area (Å²) in [5, 5.41) is 3.68. The summed E-state index contributed by atoms with van der Waals surface area (Å²) >= 11 is 6.37. The molecule has 0 radical (unpaired) electrons. The van der Waals surface area contributed by atoms with Crippen molar-refractivity contribution in [2.24, 2.45) is 0 Å². The zero-order valence-corrected chi connectivity index (χ0v) is 15.5. The van der Waals surface area contributed by atoms with Crippen LogP contribution in [0.25, 0.3) is 0 Å². The van der Waals surface area contributed by atoms with E-state index in [9.17, 15) is 4.79 Å². The number of benzene rings is 2. The van der Waals surface area contributed by atoms with Crippen molar-refractivity contribution in [2.45, 2.75) is 19.9 Å². The second kappa shape index (κ2) is 10.1. The van der Waals surface area contributed by atoms with Gasteiger partial charge in [-0.05, 0) is 36.9 Å². The topological polar surface area (TPSA) is 41.6 Å². The van der Waals surface area contributed by atoms with E-state index in [0.29, 0.717) is 17.3 Å². The van der Waals surface area contributed by atoms with Gasteiger partial charge in [-0.25, -0.2) is 0 Å². The van der Waals surface area contributed by atoms with Crippen LogP contribution >= 0.6 is 11.6 Å². The second-order valence-electron chi connectivity index (χ2n) is 5.66. The molecule has 0 aliphatic rings. The molecule has 0 aliphatic heterocycles. The molecular formula is C20H25ClN2O2. The largest absolute Gasteiger partial charge is 0.484 e. The lowest BCUT2D eigenvalue weighted by Crippen LogP contribution is -2.39. The fraction of sp³-hybridized carbons (Fsp3) is 0.350. The maximum Gasteiger partial charge on any atom is 0.258 e. The van der Waals surface area contributed by atoms with Crippen molar-refractivity contribution in [2.75, 3.05) is 26.2 Å². The molecule has 25 heavy (non-hydrogen) atoms. The number of likely N-dealkylation sites (N-methyl/N-ethyl adjacent to an activating group) is 1. The van der Waals surface area contributed by atoms with Crippen LogP contribution in [0.5, 0.6) is 5.75 Å². The number of nitrogens with one attached hydrogen (secondary N) is 1. The Labute approximate surface area is 154 Å². The third-order valence-corrected chi connectivity index (χ3v) is 4.47.